The van der Waals surface area contributed by atoms with Gasteiger partial charge >= 0.3 is 0 Å². The Morgan fingerprint density at radius 3 is 0.756 bits per heavy atom. The van der Waals surface area contributed by atoms with E-state index in [1.54, 1.807) is 0 Å². The number of nitrogens with zero attached hydrogens (tertiary/aromatic N) is 6. The summed E-state index contributed by atoms with van der Waals surface area (Å²) in [5, 5.41) is 15.1. The van der Waals surface area contributed by atoms with Crippen LogP contribution in [0.5, 0.6) is 34.5 Å². The second-order valence-electron chi connectivity index (χ2n) is 36.6. The van der Waals surface area contributed by atoms with Crippen LogP contribution in [0.1, 0.15) is 63.8 Å². The minimum atomic E-state index is 0.0784. The summed E-state index contributed by atoms with van der Waals surface area (Å²) in [4.78, 5) is 0. The third-order valence-electron chi connectivity index (χ3n) is 26.8. The quantitative estimate of drug-likeness (QED) is 0.167. The van der Waals surface area contributed by atoms with Crippen molar-refractivity contribution in [3.8, 4) is 102 Å². The molecule has 24 aromatic rings. The van der Waals surface area contributed by atoms with Crippen LogP contribution in [0.25, 0.3) is 198 Å². The molecule has 0 fully saturated rings. The minimum absolute atomic E-state index is 0.0784. The first-order chi connectivity index (χ1) is 62.0. The SMILES string of the molecule is CC(C)(C)c1ccc2c(c1)c1cc(C(C)(C)C)ccc1n2-c1ccc(-c2ccc3c(c2)c2cccc4c2n3-c2ccccc2O4)cc1.Cc1ccc2c(c1)c1cc(C)ccc1n2-c1ccc(-c2ccc3c(c2)c2cccc4c2n3-c2ccccc2O4)cc1.c1ccc2c(c1)Oc1cccc3c4cc(-c5ccc(-n6c7ccccc7c7ccccc76)cc5)ccc4n-2c13. The number of aromatic nitrogens is 6. The molecule has 0 unspecified atom stereocenters. The Balaban J connectivity index is 0.000000104. The average molecular weight is 1640 g/mol. The van der Waals surface area contributed by atoms with E-state index in [2.05, 4.69) is 423 Å². The van der Waals surface area contributed by atoms with E-state index in [-0.39, 0.29) is 10.8 Å². The van der Waals surface area contributed by atoms with Gasteiger partial charge in [-0.15, -0.1) is 0 Å². The Hall–Kier alpha value is -15.8. The molecule has 18 aromatic carbocycles. The molecule has 27 rings (SSSR count). The molecule has 0 atom stereocenters. The number of para-hydroxylation sites is 11. The van der Waals surface area contributed by atoms with Gasteiger partial charge in [0.25, 0.3) is 0 Å². The molecule has 9 nitrogen and oxygen atoms in total. The van der Waals surface area contributed by atoms with Crippen molar-refractivity contribution in [3.63, 3.8) is 0 Å². The summed E-state index contributed by atoms with van der Waals surface area (Å²) in [6.45, 7) is 18.1. The van der Waals surface area contributed by atoms with Crippen molar-refractivity contribution in [2.24, 2.45) is 0 Å². The van der Waals surface area contributed by atoms with Crippen molar-refractivity contribution < 1.29 is 14.2 Å². The fraction of sp³-hybridized carbons (Fsp3) is 0.0847. The highest BCUT2D eigenvalue weighted by Gasteiger charge is 2.30. The first-order valence-corrected chi connectivity index (χ1v) is 44.0. The highest BCUT2D eigenvalue weighted by molar-refractivity contribution is 6.18. The average Bonchev–Trinajstić information content (AvgIpc) is 1.57. The molecule has 0 radical (unpaired) electrons. The lowest BCUT2D eigenvalue weighted by Gasteiger charge is -2.20. The van der Waals surface area contributed by atoms with Crippen molar-refractivity contribution in [1.29, 1.82) is 0 Å². The van der Waals surface area contributed by atoms with Gasteiger partial charge < -0.3 is 41.6 Å². The number of aryl methyl sites for hydroxylation is 2. The Kier molecular flexibility index (Phi) is 16.2. The van der Waals surface area contributed by atoms with Crippen LogP contribution in [-0.2, 0) is 10.8 Å². The Morgan fingerprint density at radius 1 is 0.181 bits per heavy atom. The summed E-state index contributed by atoms with van der Waals surface area (Å²) in [6, 6.07) is 136. The molecule has 127 heavy (non-hydrogen) atoms. The summed E-state index contributed by atoms with van der Waals surface area (Å²) in [7, 11) is 0. The van der Waals surface area contributed by atoms with E-state index < -0.39 is 0 Å². The Morgan fingerprint density at radius 2 is 0.425 bits per heavy atom. The number of fused-ring (bicyclic) bond motifs is 24. The molecule has 0 spiro atoms. The first kappa shape index (κ1) is 73.8. The lowest BCUT2D eigenvalue weighted by molar-refractivity contribution is 0.476. The summed E-state index contributed by atoms with van der Waals surface area (Å²) < 4.78 is 33.1. The summed E-state index contributed by atoms with van der Waals surface area (Å²) in [5.74, 6) is 5.37. The van der Waals surface area contributed by atoms with Crippen LogP contribution < -0.4 is 14.2 Å². The lowest BCUT2D eigenvalue weighted by atomic mass is 9.85. The summed E-state index contributed by atoms with van der Waals surface area (Å²) in [6.07, 6.45) is 0. The van der Waals surface area contributed by atoms with Gasteiger partial charge in [0.15, 0.2) is 34.5 Å². The number of benzene rings is 18. The van der Waals surface area contributed by atoms with E-state index in [0.29, 0.717) is 0 Å². The first-order valence-electron chi connectivity index (χ1n) is 44.0. The van der Waals surface area contributed by atoms with Crippen molar-refractivity contribution in [2.45, 2.75) is 66.2 Å². The summed E-state index contributed by atoms with van der Waals surface area (Å²) in [5.41, 5.74) is 33.8. The van der Waals surface area contributed by atoms with Gasteiger partial charge in [-0.3, -0.25) is 0 Å². The fourth-order valence-electron chi connectivity index (χ4n) is 20.6. The third kappa shape index (κ3) is 11.5. The van der Waals surface area contributed by atoms with Gasteiger partial charge in [-0.1, -0.05) is 241 Å². The zero-order valence-corrected chi connectivity index (χ0v) is 71.7. The van der Waals surface area contributed by atoms with E-state index in [4.69, 9.17) is 14.2 Å². The lowest BCUT2D eigenvalue weighted by Crippen LogP contribution is -2.10. The molecule has 0 amide bonds. The van der Waals surface area contributed by atoms with Crippen molar-refractivity contribution in [3.05, 3.63) is 398 Å². The van der Waals surface area contributed by atoms with Gasteiger partial charge in [-0.2, -0.15) is 0 Å². The van der Waals surface area contributed by atoms with E-state index in [0.717, 1.165) is 73.8 Å². The van der Waals surface area contributed by atoms with Gasteiger partial charge in [-0.05, 0) is 257 Å². The van der Waals surface area contributed by atoms with Crippen LogP contribution in [-0.4, -0.2) is 27.4 Å². The maximum Gasteiger partial charge on any atom is 0.152 e. The molecule has 3 aliphatic heterocycles. The number of ether oxygens (including phenoxy) is 3. The maximum atomic E-state index is 6.33. The zero-order chi connectivity index (χ0) is 85.0. The smallest absolute Gasteiger partial charge is 0.152 e. The van der Waals surface area contributed by atoms with Crippen LogP contribution in [0.3, 0.4) is 0 Å². The van der Waals surface area contributed by atoms with E-state index in [1.807, 2.05) is 36.4 Å². The second-order valence-corrected chi connectivity index (χ2v) is 36.6. The topological polar surface area (TPSA) is 57.3 Å². The third-order valence-corrected chi connectivity index (χ3v) is 26.8. The highest BCUT2D eigenvalue weighted by atomic mass is 16.5. The maximum absolute atomic E-state index is 6.33. The predicted octanol–water partition coefficient (Wildman–Crippen LogP) is 32.2. The molecular weight excluding hydrogens is 1550 g/mol. The molecule has 0 saturated carbocycles. The molecule has 0 N–H and O–H groups in total. The Labute approximate surface area is 734 Å². The highest BCUT2D eigenvalue weighted by Crippen LogP contribution is 2.51. The largest absolute Gasteiger partial charge is 0.453 e. The molecule has 0 bridgehead atoms. The van der Waals surface area contributed by atoms with Crippen LogP contribution in [0.15, 0.2) is 376 Å². The molecule has 606 valence electrons. The van der Waals surface area contributed by atoms with Crippen LogP contribution in [0.4, 0.5) is 0 Å². The van der Waals surface area contributed by atoms with Crippen LogP contribution in [0.2, 0.25) is 0 Å². The van der Waals surface area contributed by atoms with Gasteiger partial charge in [0.2, 0.25) is 0 Å². The van der Waals surface area contributed by atoms with Crippen LogP contribution >= 0.6 is 0 Å². The second kappa shape index (κ2) is 27.8. The molecule has 6 aromatic heterocycles. The van der Waals surface area contributed by atoms with Crippen LogP contribution in [0, 0.1) is 13.8 Å². The van der Waals surface area contributed by atoms with Crippen molar-refractivity contribution in [1.82, 2.24) is 27.4 Å². The number of rotatable bonds is 6. The molecule has 9 heterocycles. The van der Waals surface area contributed by atoms with Gasteiger partial charge in [-0.25, -0.2) is 0 Å². The minimum Gasteiger partial charge on any atom is -0.453 e. The Bertz CT molecular complexity index is 8580. The fourth-order valence-corrected chi connectivity index (χ4v) is 20.6. The number of hydrogen-bond acceptors (Lipinski definition) is 3. The van der Waals surface area contributed by atoms with Crippen molar-refractivity contribution in [2.75, 3.05) is 0 Å². The molecule has 9 heteroatoms. The zero-order valence-electron chi connectivity index (χ0n) is 71.7. The van der Waals surface area contributed by atoms with E-state index in [9.17, 15) is 0 Å². The van der Waals surface area contributed by atoms with E-state index >= 15 is 0 Å². The standard InChI is InChI=1S/C44H38N2O.C38H26N2O.C36H22N2O/c1-43(2,3)29-17-22-36-34(25-29)35-26-30(44(4,5)6)18-23-37(35)45(36)31-19-14-27(15-20-31)28-16-21-38-33(24-28)32-10-9-13-41-42(32)46(38)39-11-7-8-12-40(39)47-41;1-23-10-17-32-29(20-23)30-21-24(2)11-18-33(30)39(32)27-15-12-25(13-16-27)26-14-19-34-31(22-26)28-6-5-9-37-38(28)40(34)35-7-3-4-8-36(35)41-37;1-3-11-30-26(8-1)27-9-2-4-12-31(27)37(30)25-19-16-23(17-20-25)24-18-21-32-29(22-24)28-10-7-15-35-36(28)38(32)33-13-5-6-14-34(33)39-35/h7-26H,1-6H3;3-22H,1-2H3;1-22H. The van der Waals surface area contributed by atoms with Crippen molar-refractivity contribution >= 4 is 131 Å². The molecular formula is C118H86N6O3. The molecule has 0 saturated heterocycles. The van der Waals surface area contributed by atoms with Gasteiger partial charge in [0, 0.05) is 81.7 Å². The number of hydrogen-bond donors (Lipinski definition) is 0. The van der Waals surface area contributed by atoms with E-state index in [1.165, 1.54) is 181 Å². The van der Waals surface area contributed by atoms with Gasteiger partial charge in [0.05, 0.1) is 83.3 Å². The monoisotopic (exact) mass is 1630 g/mol. The molecule has 3 aliphatic rings. The van der Waals surface area contributed by atoms with Gasteiger partial charge in [0.1, 0.15) is 0 Å². The molecule has 0 aliphatic carbocycles. The predicted molar refractivity (Wildman–Crippen MR) is 529 cm³/mol. The normalized spacial score (nSPS) is 12.6. The summed E-state index contributed by atoms with van der Waals surface area (Å²) >= 11 is 0.